The van der Waals surface area contributed by atoms with Crippen LogP contribution in [0.3, 0.4) is 0 Å². The van der Waals surface area contributed by atoms with E-state index in [1.54, 1.807) is 6.92 Å². The van der Waals surface area contributed by atoms with E-state index in [1.165, 1.54) is 6.92 Å². The molecule has 2 saturated carbocycles. The lowest BCUT2D eigenvalue weighted by molar-refractivity contribution is -0.145. The summed E-state index contributed by atoms with van der Waals surface area (Å²) in [6.07, 6.45) is 1.98. The van der Waals surface area contributed by atoms with E-state index < -0.39 is 16.8 Å². The first-order valence-corrected chi connectivity index (χ1v) is 7.86. The maximum atomic E-state index is 12.3. The van der Waals surface area contributed by atoms with Crippen LogP contribution in [-0.2, 0) is 14.3 Å². The summed E-state index contributed by atoms with van der Waals surface area (Å²) in [5.74, 6) is -0.749. The van der Waals surface area contributed by atoms with Crippen LogP contribution in [0.15, 0.2) is 11.3 Å². The molecule has 22 heavy (non-hydrogen) atoms. The van der Waals surface area contributed by atoms with Gasteiger partial charge < -0.3 is 14.9 Å². The van der Waals surface area contributed by atoms with Gasteiger partial charge in [0.05, 0.1) is 6.61 Å². The number of Topliss-reactive ketones (excluding diaryl/α,β-unsaturated/α-hetero) is 1. The molecule has 3 rings (SSSR count). The average molecular weight is 308 g/mol. The summed E-state index contributed by atoms with van der Waals surface area (Å²) in [5.41, 5.74) is -1.72. The van der Waals surface area contributed by atoms with Crippen molar-refractivity contribution in [3.63, 3.8) is 0 Å². The second kappa shape index (κ2) is 4.34. The Morgan fingerprint density at radius 1 is 1.32 bits per heavy atom. The predicted octanol–water partition coefficient (Wildman–Crippen LogP) is 2.14. The van der Waals surface area contributed by atoms with Crippen molar-refractivity contribution in [3.8, 4) is 0 Å². The van der Waals surface area contributed by atoms with Gasteiger partial charge in [0, 0.05) is 17.8 Å². The van der Waals surface area contributed by atoms with E-state index in [2.05, 4.69) is 6.92 Å². The molecule has 0 amide bonds. The van der Waals surface area contributed by atoms with Crippen molar-refractivity contribution in [2.45, 2.75) is 52.6 Å². The van der Waals surface area contributed by atoms with Gasteiger partial charge in [-0.3, -0.25) is 9.59 Å². The van der Waals surface area contributed by atoms with Gasteiger partial charge in [-0.25, -0.2) is 0 Å². The summed E-state index contributed by atoms with van der Waals surface area (Å²) >= 11 is 0. The lowest BCUT2D eigenvalue weighted by Gasteiger charge is -2.38. The quantitative estimate of drug-likeness (QED) is 0.764. The van der Waals surface area contributed by atoms with E-state index in [9.17, 15) is 19.8 Å². The molecule has 0 spiro atoms. The Labute approximate surface area is 130 Å². The molecule has 0 aliphatic heterocycles. The number of esters is 1. The van der Waals surface area contributed by atoms with Gasteiger partial charge in [0.1, 0.15) is 5.60 Å². The Morgan fingerprint density at radius 2 is 1.95 bits per heavy atom. The maximum Gasteiger partial charge on any atom is 0.302 e. The zero-order valence-corrected chi connectivity index (χ0v) is 13.6. The van der Waals surface area contributed by atoms with Gasteiger partial charge in [-0.1, -0.05) is 13.8 Å². The van der Waals surface area contributed by atoms with Crippen LogP contribution in [0.2, 0.25) is 0 Å². The highest BCUT2D eigenvalue weighted by Gasteiger charge is 2.72. The molecular formula is C17H24O5. The maximum absolute atomic E-state index is 12.3. The summed E-state index contributed by atoms with van der Waals surface area (Å²) < 4.78 is 5.20. The van der Waals surface area contributed by atoms with E-state index in [-0.39, 0.29) is 29.0 Å². The molecular weight excluding hydrogens is 284 g/mol. The highest BCUT2D eigenvalue weighted by Crippen LogP contribution is 2.69. The summed E-state index contributed by atoms with van der Waals surface area (Å²) in [5, 5.41) is 21.0. The van der Waals surface area contributed by atoms with Crippen molar-refractivity contribution < 1.29 is 24.5 Å². The van der Waals surface area contributed by atoms with Crippen LogP contribution in [0.25, 0.3) is 0 Å². The Hall–Kier alpha value is -1.36. The first-order chi connectivity index (χ1) is 10.0. The highest BCUT2D eigenvalue weighted by molar-refractivity contribution is 6.05. The van der Waals surface area contributed by atoms with E-state index in [0.29, 0.717) is 18.6 Å². The molecule has 5 atom stereocenters. The number of carbonyl (C=O) groups is 2. The number of rotatable bonds is 2. The van der Waals surface area contributed by atoms with Crippen LogP contribution in [-0.4, -0.2) is 34.2 Å². The summed E-state index contributed by atoms with van der Waals surface area (Å²) in [7, 11) is 0. The van der Waals surface area contributed by atoms with Crippen LogP contribution in [0.5, 0.6) is 0 Å². The second-order valence-electron chi connectivity index (χ2n) is 7.94. The number of carbonyl (C=O) groups excluding carboxylic acids is 2. The van der Waals surface area contributed by atoms with Gasteiger partial charge in [-0.15, -0.1) is 0 Å². The summed E-state index contributed by atoms with van der Waals surface area (Å²) in [6, 6.07) is 0. The van der Waals surface area contributed by atoms with Crippen molar-refractivity contribution in [3.05, 3.63) is 11.3 Å². The molecule has 0 aromatic rings. The van der Waals surface area contributed by atoms with Gasteiger partial charge in [0.2, 0.25) is 5.78 Å². The molecule has 0 bridgehead atoms. The number of ether oxygens (including phenoxy) is 1. The minimum absolute atomic E-state index is 0.117. The number of aliphatic hydroxyl groups is 2. The molecule has 2 N–H and O–H groups in total. The fourth-order valence-corrected chi connectivity index (χ4v) is 5.27. The topological polar surface area (TPSA) is 83.8 Å². The monoisotopic (exact) mass is 308 g/mol. The Bertz CT molecular complexity index is 594. The van der Waals surface area contributed by atoms with Crippen molar-refractivity contribution in [1.29, 1.82) is 0 Å². The second-order valence-corrected chi connectivity index (χ2v) is 7.94. The minimum atomic E-state index is -1.47. The third-order valence-electron chi connectivity index (χ3n) is 6.54. The molecule has 5 nitrogen and oxygen atoms in total. The van der Waals surface area contributed by atoms with Crippen molar-refractivity contribution in [2.24, 2.45) is 22.7 Å². The van der Waals surface area contributed by atoms with Crippen LogP contribution in [0, 0.1) is 22.7 Å². The fourth-order valence-electron chi connectivity index (χ4n) is 5.27. The lowest BCUT2D eigenvalue weighted by Crippen LogP contribution is -2.47. The molecule has 2 fully saturated rings. The van der Waals surface area contributed by atoms with Gasteiger partial charge in [0.15, 0.2) is 5.76 Å². The molecule has 3 aliphatic carbocycles. The largest absolute Gasteiger partial charge is 0.504 e. The molecule has 5 heteroatoms. The molecule has 0 radical (unpaired) electrons. The summed E-state index contributed by atoms with van der Waals surface area (Å²) in [6.45, 7) is 7.50. The number of aliphatic hydroxyl groups excluding tert-OH is 1. The van der Waals surface area contributed by atoms with Crippen molar-refractivity contribution in [2.75, 3.05) is 6.61 Å². The standard InChI is InChI=1S/C17H24O5/c1-9-13(19)14(20)17(21)6-11-5-15(3,8-22-10(2)18)7-12(11)16(9,17)4/h11-12,19,21H,5-8H2,1-4H3/t11-,12-,15+,16+,17-/m1/s1. The minimum Gasteiger partial charge on any atom is -0.504 e. The third kappa shape index (κ3) is 1.69. The Morgan fingerprint density at radius 3 is 2.55 bits per heavy atom. The molecule has 122 valence electrons. The third-order valence-corrected chi connectivity index (χ3v) is 6.54. The van der Waals surface area contributed by atoms with Crippen molar-refractivity contribution in [1.82, 2.24) is 0 Å². The Balaban J connectivity index is 1.91. The number of hydrogen-bond acceptors (Lipinski definition) is 5. The van der Waals surface area contributed by atoms with Crippen LogP contribution >= 0.6 is 0 Å². The van der Waals surface area contributed by atoms with Crippen LogP contribution < -0.4 is 0 Å². The number of fused-ring (bicyclic) bond motifs is 3. The van der Waals surface area contributed by atoms with Crippen LogP contribution in [0.4, 0.5) is 0 Å². The van der Waals surface area contributed by atoms with Gasteiger partial charge in [0.25, 0.3) is 0 Å². The Kier molecular flexibility index (Phi) is 3.07. The molecule has 0 saturated heterocycles. The molecule has 0 aromatic heterocycles. The molecule has 3 aliphatic rings. The van der Waals surface area contributed by atoms with Gasteiger partial charge in [-0.05, 0) is 43.6 Å². The molecule has 0 heterocycles. The normalized spacial score (nSPS) is 46.9. The molecule has 0 unspecified atom stereocenters. The van der Waals surface area contributed by atoms with E-state index in [0.717, 1.165) is 12.8 Å². The average Bonchev–Trinajstić information content (AvgIpc) is 2.91. The first kappa shape index (κ1) is 15.5. The summed E-state index contributed by atoms with van der Waals surface area (Å²) in [4.78, 5) is 23.4. The van der Waals surface area contributed by atoms with Gasteiger partial charge >= 0.3 is 5.97 Å². The zero-order valence-electron chi connectivity index (χ0n) is 13.6. The first-order valence-electron chi connectivity index (χ1n) is 7.86. The number of hydrogen-bond donors (Lipinski definition) is 2. The van der Waals surface area contributed by atoms with E-state index in [4.69, 9.17) is 4.74 Å². The molecule has 0 aromatic carbocycles. The SMILES string of the molecule is CC(=O)OC[C@@]1(C)C[C@@H]2C[C@@]3(O)C(=O)C(O)=C(C)[C@@]3(C)[C@@H]2C1. The van der Waals surface area contributed by atoms with Crippen LogP contribution in [0.1, 0.15) is 47.0 Å². The predicted molar refractivity (Wildman–Crippen MR) is 79.0 cm³/mol. The lowest BCUT2D eigenvalue weighted by atomic mass is 9.67. The fraction of sp³-hybridized carbons (Fsp3) is 0.765. The van der Waals surface area contributed by atoms with E-state index >= 15 is 0 Å². The van der Waals surface area contributed by atoms with Gasteiger partial charge in [-0.2, -0.15) is 0 Å². The van der Waals surface area contributed by atoms with Crippen molar-refractivity contribution >= 4 is 11.8 Å². The number of ketones is 1. The zero-order chi connectivity index (χ0) is 16.5. The van der Waals surface area contributed by atoms with E-state index in [1.807, 2.05) is 6.92 Å². The highest BCUT2D eigenvalue weighted by atomic mass is 16.5. The smallest absolute Gasteiger partial charge is 0.302 e.